The van der Waals surface area contributed by atoms with Gasteiger partial charge in [0.05, 0.1) is 5.39 Å². The third kappa shape index (κ3) is 4.43. The molecule has 1 saturated heterocycles. The number of nitrogens with zero attached hydrogens (tertiary/aromatic N) is 3. The fourth-order valence-electron chi connectivity index (χ4n) is 4.53. The van der Waals surface area contributed by atoms with E-state index in [1.165, 1.54) is 25.8 Å². The Hall–Kier alpha value is -2.08. The molecule has 0 spiro atoms. The van der Waals surface area contributed by atoms with Gasteiger partial charge in [-0.25, -0.2) is 0 Å². The van der Waals surface area contributed by atoms with Crippen molar-refractivity contribution >= 4 is 22.7 Å². The molecule has 0 atom stereocenters. The van der Waals surface area contributed by atoms with Gasteiger partial charge in [-0.2, -0.15) is 0 Å². The molecule has 27 heavy (non-hydrogen) atoms. The van der Waals surface area contributed by atoms with E-state index < -0.39 is 0 Å². The molecule has 1 amide bonds. The Labute approximate surface area is 160 Å². The second-order valence-corrected chi connectivity index (χ2v) is 8.04. The topological polar surface area (TPSA) is 61.6 Å². The molecule has 6 nitrogen and oxygen atoms in total. The van der Waals surface area contributed by atoms with Crippen molar-refractivity contribution in [1.82, 2.24) is 15.4 Å². The van der Waals surface area contributed by atoms with Gasteiger partial charge in [-0.1, -0.05) is 17.3 Å². The number of aromatic nitrogens is 1. The summed E-state index contributed by atoms with van der Waals surface area (Å²) in [4.78, 5) is 16.1. The van der Waals surface area contributed by atoms with Crippen LogP contribution in [0.2, 0.25) is 0 Å². The molecule has 1 aliphatic heterocycles. The van der Waals surface area contributed by atoms with Crippen molar-refractivity contribution in [2.24, 2.45) is 5.92 Å². The van der Waals surface area contributed by atoms with Gasteiger partial charge < -0.3 is 14.7 Å². The molecule has 2 aliphatic rings. The second kappa shape index (κ2) is 8.30. The lowest BCUT2D eigenvalue weighted by atomic mass is 9.84. The molecule has 2 heterocycles. The van der Waals surface area contributed by atoms with Crippen molar-refractivity contribution in [3.8, 4) is 0 Å². The third-order valence-electron chi connectivity index (χ3n) is 6.14. The Bertz CT molecular complexity index is 758. The molecule has 0 bridgehead atoms. The minimum absolute atomic E-state index is 0.108. The van der Waals surface area contributed by atoms with Gasteiger partial charge in [0.15, 0.2) is 11.4 Å². The van der Waals surface area contributed by atoms with E-state index >= 15 is 0 Å². The molecule has 6 heteroatoms. The summed E-state index contributed by atoms with van der Waals surface area (Å²) in [7, 11) is 0. The molecule has 0 unspecified atom stereocenters. The lowest BCUT2D eigenvalue weighted by Crippen LogP contribution is -2.47. The highest BCUT2D eigenvalue weighted by Gasteiger charge is 2.24. The van der Waals surface area contributed by atoms with E-state index in [1.54, 1.807) is 6.92 Å². The normalized spacial score (nSPS) is 24.3. The molecule has 4 rings (SSSR count). The van der Waals surface area contributed by atoms with Gasteiger partial charge in [-0.15, -0.1) is 0 Å². The summed E-state index contributed by atoms with van der Waals surface area (Å²) in [6, 6.07) is 8.49. The third-order valence-corrected chi connectivity index (χ3v) is 6.14. The number of benzene rings is 1. The molecule has 2 aromatic rings. The smallest absolute Gasteiger partial charge is 0.217 e. The summed E-state index contributed by atoms with van der Waals surface area (Å²) in [6.07, 6.45) is 6.04. The van der Waals surface area contributed by atoms with Gasteiger partial charge in [0.25, 0.3) is 0 Å². The standard InChI is InChI=1S/C21H30N4O2/c1-16(26)22-18-8-6-17(7-9-18)10-11-24-12-14-25(15-13-24)21-19-4-2-3-5-20(19)27-23-21/h2-5,17-18H,6-15H2,1H3,(H,22,26). The summed E-state index contributed by atoms with van der Waals surface area (Å²) in [5, 5.41) is 8.48. The zero-order valence-corrected chi connectivity index (χ0v) is 16.2. The number of fused-ring (bicyclic) bond motifs is 1. The predicted molar refractivity (Wildman–Crippen MR) is 107 cm³/mol. The van der Waals surface area contributed by atoms with E-state index in [0.717, 1.165) is 61.7 Å². The quantitative estimate of drug-likeness (QED) is 0.877. The first-order chi connectivity index (χ1) is 13.2. The van der Waals surface area contributed by atoms with Crippen LogP contribution in [0, 0.1) is 5.92 Å². The Morgan fingerprint density at radius 2 is 1.89 bits per heavy atom. The summed E-state index contributed by atoms with van der Waals surface area (Å²) in [6.45, 7) is 6.99. The Morgan fingerprint density at radius 1 is 1.15 bits per heavy atom. The lowest BCUT2D eigenvalue weighted by Gasteiger charge is -2.36. The van der Waals surface area contributed by atoms with Crippen LogP contribution >= 0.6 is 0 Å². The predicted octanol–water partition coefficient (Wildman–Crippen LogP) is 3.03. The molecule has 0 radical (unpaired) electrons. The van der Waals surface area contributed by atoms with Crippen LogP contribution in [0.4, 0.5) is 5.82 Å². The number of carbonyl (C=O) groups excluding carboxylic acids is 1. The molecular formula is C21H30N4O2. The van der Waals surface area contributed by atoms with Crippen LogP contribution in [0.25, 0.3) is 11.0 Å². The minimum atomic E-state index is 0.108. The molecular weight excluding hydrogens is 340 g/mol. The van der Waals surface area contributed by atoms with Gasteiger partial charge in [0.2, 0.25) is 5.91 Å². The molecule has 1 saturated carbocycles. The van der Waals surface area contributed by atoms with Crippen LogP contribution < -0.4 is 10.2 Å². The van der Waals surface area contributed by atoms with Crippen LogP contribution in [0.5, 0.6) is 0 Å². The molecule has 2 fully saturated rings. The highest BCUT2D eigenvalue weighted by Crippen LogP contribution is 2.28. The zero-order valence-electron chi connectivity index (χ0n) is 16.2. The maximum absolute atomic E-state index is 11.2. The average molecular weight is 370 g/mol. The summed E-state index contributed by atoms with van der Waals surface area (Å²) >= 11 is 0. The van der Waals surface area contributed by atoms with Crippen molar-refractivity contribution in [3.63, 3.8) is 0 Å². The number of piperazine rings is 1. The van der Waals surface area contributed by atoms with E-state index in [0.29, 0.717) is 6.04 Å². The number of amides is 1. The molecule has 1 aromatic carbocycles. The second-order valence-electron chi connectivity index (χ2n) is 8.04. The Balaban J connectivity index is 1.21. The number of rotatable bonds is 5. The first-order valence-corrected chi connectivity index (χ1v) is 10.3. The molecule has 1 N–H and O–H groups in total. The maximum atomic E-state index is 11.2. The number of anilines is 1. The number of hydrogen-bond donors (Lipinski definition) is 1. The fourth-order valence-corrected chi connectivity index (χ4v) is 4.53. The molecule has 146 valence electrons. The maximum Gasteiger partial charge on any atom is 0.217 e. The van der Waals surface area contributed by atoms with Gasteiger partial charge in [-0.05, 0) is 56.7 Å². The molecule has 1 aliphatic carbocycles. The number of carbonyl (C=O) groups is 1. The summed E-state index contributed by atoms with van der Waals surface area (Å²) < 4.78 is 5.46. The van der Waals surface area contributed by atoms with Crippen molar-refractivity contribution in [2.75, 3.05) is 37.6 Å². The van der Waals surface area contributed by atoms with Crippen molar-refractivity contribution in [2.45, 2.75) is 45.1 Å². The average Bonchev–Trinajstić information content (AvgIpc) is 3.12. The molecule has 1 aromatic heterocycles. The van der Waals surface area contributed by atoms with Crippen molar-refractivity contribution < 1.29 is 9.32 Å². The summed E-state index contributed by atoms with van der Waals surface area (Å²) in [5.74, 6) is 1.91. The number of hydrogen-bond acceptors (Lipinski definition) is 5. The zero-order chi connectivity index (χ0) is 18.6. The van der Waals surface area contributed by atoms with E-state index in [4.69, 9.17) is 4.52 Å². The van der Waals surface area contributed by atoms with Crippen molar-refractivity contribution in [3.05, 3.63) is 24.3 Å². The Morgan fingerprint density at radius 3 is 2.63 bits per heavy atom. The van der Waals surface area contributed by atoms with E-state index in [2.05, 4.69) is 26.3 Å². The van der Waals surface area contributed by atoms with Crippen LogP contribution in [-0.4, -0.2) is 54.7 Å². The van der Waals surface area contributed by atoms with Crippen LogP contribution in [0.1, 0.15) is 39.0 Å². The van der Waals surface area contributed by atoms with Gasteiger partial charge >= 0.3 is 0 Å². The van der Waals surface area contributed by atoms with Crippen LogP contribution in [0.3, 0.4) is 0 Å². The fraction of sp³-hybridized carbons (Fsp3) is 0.619. The first-order valence-electron chi connectivity index (χ1n) is 10.3. The van der Waals surface area contributed by atoms with E-state index in [9.17, 15) is 4.79 Å². The van der Waals surface area contributed by atoms with Crippen LogP contribution in [0.15, 0.2) is 28.8 Å². The highest BCUT2D eigenvalue weighted by atomic mass is 16.5. The van der Waals surface area contributed by atoms with Gasteiger partial charge in [0.1, 0.15) is 0 Å². The van der Waals surface area contributed by atoms with E-state index in [1.807, 2.05) is 18.2 Å². The number of para-hydroxylation sites is 1. The van der Waals surface area contributed by atoms with Crippen molar-refractivity contribution in [1.29, 1.82) is 0 Å². The monoisotopic (exact) mass is 370 g/mol. The van der Waals surface area contributed by atoms with Gasteiger partial charge in [-0.3, -0.25) is 9.69 Å². The largest absolute Gasteiger partial charge is 0.354 e. The van der Waals surface area contributed by atoms with Crippen LogP contribution in [-0.2, 0) is 4.79 Å². The first kappa shape index (κ1) is 18.3. The summed E-state index contributed by atoms with van der Waals surface area (Å²) in [5.41, 5.74) is 0.866. The minimum Gasteiger partial charge on any atom is -0.354 e. The SMILES string of the molecule is CC(=O)NC1CCC(CCN2CCN(c3noc4ccccc34)CC2)CC1. The Kier molecular flexibility index (Phi) is 5.62. The lowest BCUT2D eigenvalue weighted by molar-refractivity contribution is -0.119. The highest BCUT2D eigenvalue weighted by molar-refractivity contribution is 5.88. The number of nitrogens with one attached hydrogen (secondary N) is 1. The van der Waals surface area contributed by atoms with Gasteiger partial charge in [0, 0.05) is 39.1 Å². The van der Waals surface area contributed by atoms with E-state index in [-0.39, 0.29) is 5.91 Å².